The van der Waals surface area contributed by atoms with E-state index < -0.39 is 0 Å². The molecule has 1 aliphatic rings. The Bertz CT molecular complexity index is 447. The molecule has 2 N–H and O–H groups in total. The lowest BCUT2D eigenvalue weighted by Crippen LogP contribution is -2.46. The SMILES string of the molecule is Cc1ccc(F)cc1CC(=O)N1CCCC(N)C1. The van der Waals surface area contributed by atoms with E-state index in [9.17, 15) is 9.18 Å². The summed E-state index contributed by atoms with van der Waals surface area (Å²) in [5.74, 6) is -0.252. The summed E-state index contributed by atoms with van der Waals surface area (Å²) in [6.45, 7) is 3.28. The molecule has 1 aliphatic heterocycles. The van der Waals surface area contributed by atoms with Crippen molar-refractivity contribution in [1.82, 2.24) is 4.90 Å². The van der Waals surface area contributed by atoms with Crippen molar-refractivity contribution in [2.24, 2.45) is 5.73 Å². The summed E-state index contributed by atoms with van der Waals surface area (Å²) in [6, 6.07) is 4.65. The highest BCUT2D eigenvalue weighted by atomic mass is 19.1. The van der Waals surface area contributed by atoms with E-state index in [2.05, 4.69) is 0 Å². The minimum atomic E-state index is -0.293. The second-order valence-corrected chi connectivity index (χ2v) is 4.99. The minimum absolute atomic E-state index is 0.0406. The molecule has 3 nitrogen and oxygen atoms in total. The third kappa shape index (κ3) is 3.07. The molecule has 0 bridgehead atoms. The van der Waals surface area contributed by atoms with Crippen molar-refractivity contribution in [3.8, 4) is 0 Å². The van der Waals surface area contributed by atoms with Crippen LogP contribution in [0.2, 0.25) is 0 Å². The molecule has 0 aromatic heterocycles. The molecule has 98 valence electrons. The van der Waals surface area contributed by atoms with Gasteiger partial charge in [-0.3, -0.25) is 4.79 Å². The van der Waals surface area contributed by atoms with E-state index in [1.54, 1.807) is 11.0 Å². The number of nitrogens with two attached hydrogens (primary N) is 1. The van der Waals surface area contributed by atoms with Crippen molar-refractivity contribution < 1.29 is 9.18 Å². The third-order valence-corrected chi connectivity index (χ3v) is 3.46. The van der Waals surface area contributed by atoms with Gasteiger partial charge in [-0.2, -0.15) is 0 Å². The quantitative estimate of drug-likeness (QED) is 0.867. The molecule has 1 heterocycles. The maximum Gasteiger partial charge on any atom is 0.227 e. The normalized spacial score (nSPS) is 19.9. The standard InChI is InChI=1S/C14H19FN2O/c1-10-4-5-12(15)7-11(10)8-14(18)17-6-2-3-13(16)9-17/h4-5,7,13H,2-3,6,8-9,16H2,1H3. The summed E-state index contributed by atoms with van der Waals surface area (Å²) < 4.78 is 13.2. The Morgan fingerprint density at radius 2 is 2.33 bits per heavy atom. The van der Waals surface area contributed by atoms with Crippen LogP contribution in [0.4, 0.5) is 4.39 Å². The van der Waals surface area contributed by atoms with Gasteiger partial charge >= 0.3 is 0 Å². The van der Waals surface area contributed by atoms with Crippen molar-refractivity contribution >= 4 is 5.91 Å². The van der Waals surface area contributed by atoms with Gasteiger partial charge in [0, 0.05) is 19.1 Å². The molecule has 1 atom stereocenters. The number of benzene rings is 1. The largest absolute Gasteiger partial charge is 0.341 e. The number of hydrogen-bond acceptors (Lipinski definition) is 2. The van der Waals surface area contributed by atoms with Crippen LogP contribution in [0.15, 0.2) is 18.2 Å². The number of halogens is 1. The maximum atomic E-state index is 13.2. The van der Waals surface area contributed by atoms with Crippen molar-refractivity contribution in [2.45, 2.75) is 32.2 Å². The number of hydrogen-bond donors (Lipinski definition) is 1. The fraction of sp³-hybridized carbons (Fsp3) is 0.500. The summed E-state index contributed by atoms with van der Waals surface area (Å²) in [5.41, 5.74) is 7.57. The van der Waals surface area contributed by atoms with Gasteiger partial charge in [0.25, 0.3) is 0 Å². The second-order valence-electron chi connectivity index (χ2n) is 4.99. The molecule has 0 aliphatic carbocycles. The molecule has 1 aromatic rings. The van der Waals surface area contributed by atoms with Crippen LogP contribution in [-0.2, 0) is 11.2 Å². The van der Waals surface area contributed by atoms with E-state index >= 15 is 0 Å². The lowest BCUT2D eigenvalue weighted by atomic mass is 10.0. The molecular formula is C14H19FN2O. The van der Waals surface area contributed by atoms with Crippen LogP contribution >= 0.6 is 0 Å². The number of nitrogens with zero attached hydrogens (tertiary/aromatic N) is 1. The average Bonchev–Trinajstić information content (AvgIpc) is 2.34. The molecule has 1 unspecified atom stereocenters. The predicted molar refractivity (Wildman–Crippen MR) is 68.6 cm³/mol. The van der Waals surface area contributed by atoms with E-state index in [0.29, 0.717) is 6.54 Å². The van der Waals surface area contributed by atoms with E-state index in [1.807, 2.05) is 6.92 Å². The fourth-order valence-corrected chi connectivity index (χ4v) is 2.34. The fourth-order valence-electron chi connectivity index (χ4n) is 2.34. The molecule has 18 heavy (non-hydrogen) atoms. The van der Waals surface area contributed by atoms with E-state index in [1.165, 1.54) is 12.1 Å². The van der Waals surface area contributed by atoms with Gasteiger partial charge in [-0.25, -0.2) is 4.39 Å². The zero-order valence-corrected chi connectivity index (χ0v) is 10.7. The first-order valence-electron chi connectivity index (χ1n) is 6.34. The molecular weight excluding hydrogens is 231 g/mol. The van der Waals surface area contributed by atoms with Crippen LogP contribution in [-0.4, -0.2) is 29.9 Å². The highest BCUT2D eigenvalue weighted by molar-refractivity contribution is 5.79. The number of carbonyl (C=O) groups excluding carboxylic acids is 1. The smallest absolute Gasteiger partial charge is 0.227 e. The molecule has 0 radical (unpaired) electrons. The van der Waals surface area contributed by atoms with Gasteiger partial charge in [-0.1, -0.05) is 6.07 Å². The Kier molecular flexibility index (Phi) is 3.97. The summed E-state index contributed by atoms with van der Waals surface area (Å²) in [7, 11) is 0. The second kappa shape index (κ2) is 5.48. The monoisotopic (exact) mass is 250 g/mol. The van der Waals surface area contributed by atoms with Crippen LogP contribution in [0, 0.1) is 12.7 Å². The summed E-state index contributed by atoms with van der Waals surface area (Å²) >= 11 is 0. The first kappa shape index (κ1) is 13.0. The van der Waals surface area contributed by atoms with Crippen LogP contribution in [0.5, 0.6) is 0 Å². The zero-order chi connectivity index (χ0) is 13.1. The first-order valence-corrected chi connectivity index (χ1v) is 6.34. The Morgan fingerprint density at radius 1 is 1.56 bits per heavy atom. The molecule has 0 spiro atoms. The van der Waals surface area contributed by atoms with E-state index in [-0.39, 0.29) is 24.2 Å². The summed E-state index contributed by atoms with van der Waals surface area (Å²) in [5, 5.41) is 0. The van der Waals surface area contributed by atoms with E-state index in [0.717, 1.165) is 30.5 Å². The highest BCUT2D eigenvalue weighted by Gasteiger charge is 2.21. The van der Waals surface area contributed by atoms with Gasteiger partial charge in [-0.15, -0.1) is 0 Å². The Labute approximate surface area is 107 Å². The van der Waals surface area contributed by atoms with Gasteiger partial charge in [-0.05, 0) is 43.0 Å². The first-order chi connectivity index (χ1) is 8.56. The van der Waals surface area contributed by atoms with Gasteiger partial charge in [0.15, 0.2) is 0 Å². The number of piperidine rings is 1. The summed E-state index contributed by atoms with van der Waals surface area (Å²) in [4.78, 5) is 13.9. The minimum Gasteiger partial charge on any atom is -0.341 e. The summed E-state index contributed by atoms with van der Waals surface area (Å²) in [6.07, 6.45) is 2.19. The average molecular weight is 250 g/mol. The van der Waals surface area contributed by atoms with Gasteiger partial charge in [0.1, 0.15) is 5.82 Å². The van der Waals surface area contributed by atoms with Crippen LogP contribution < -0.4 is 5.73 Å². The van der Waals surface area contributed by atoms with Crippen LogP contribution in [0.3, 0.4) is 0 Å². The van der Waals surface area contributed by atoms with E-state index in [4.69, 9.17) is 5.73 Å². The number of rotatable bonds is 2. The van der Waals surface area contributed by atoms with Crippen LogP contribution in [0.25, 0.3) is 0 Å². The number of amides is 1. The maximum absolute atomic E-state index is 13.2. The van der Waals surface area contributed by atoms with Crippen molar-refractivity contribution in [3.63, 3.8) is 0 Å². The van der Waals surface area contributed by atoms with Crippen LogP contribution in [0.1, 0.15) is 24.0 Å². The molecule has 2 rings (SSSR count). The van der Waals surface area contributed by atoms with Gasteiger partial charge in [0.05, 0.1) is 6.42 Å². The third-order valence-electron chi connectivity index (χ3n) is 3.46. The Hall–Kier alpha value is -1.42. The molecule has 1 saturated heterocycles. The number of carbonyl (C=O) groups is 1. The highest BCUT2D eigenvalue weighted by Crippen LogP contribution is 2.14. The number of aryl methyl sites for hydroxylation is 1. The van der Waals surface area contributed by atoms with Gasteiger partial charge < -0.3 is 10.6 Å². The van der Waals surface area contributed by atoms with Crippen molar-refractivity contribution in [3.05, 3.63) is 35.1 Å². The predicted octanol–water partition coefficient (Wildman–Crippen LogP) is 1.63. The lowest BCUT2D eigenvalue weighted by Gasteiger charge is -2.31. The molecule has 0 saturated carbocycles. The molecule has 4 heteroatoms. The van der Waals surface area contributed by atoms with Gasteiger partial charge in [0.2, 0.25) is 5.91 Å². The molecule has 1 aromatic carbocycles. The topological polar surface area (TPSA) is 46.3 Å². The van der Waals surface area contributed by atoms with Crippen molar-refractivity contribution in [2.75, 3.05) is 13.1 Å². The zero-order valence-electron chi connectivity index (χ0n) is 10.7. The molecule has 1 amide bonds. The Balaban J connectivity index is 2.04. The Morgan fingerprint density at radius 3 is 3.06 bits per heavy atom. The lowest BCUT2D eigenvalue weighted by molar-refractivity contribution is -0.131. The molecule has 1 fully saturated rings. The number of likely N-dealkylation sites (tertiary alicyclic amines) is 1. The van der Waals surface area contributed by atoms with Crippen molar-refractivity contribution in [1.29, 1.82) is 0 Å².